The number of fused-ring (bicyclic) bond motifs is 1. The second-order valence-electron chi connectivity index (χ2n) is 7.13. The fraction of sp³-hybridized carbons (Fsp3) is 0.0455. The standard InChI is InChI=1S/C22H13ClN4O7/c23-14-10-9-13(19(11-14)27(33)34)12-24(20(28)17-7-3-4-8-18(17)26(31)32)25-21(29)15-5-1-2-6-16(15)22(25)30/h1-11H,12H2. The van der Waals surface area contributed by atoms with E-state index in [0.717, 1.165) is 12.1 Å². The number of para-hydroxylation sites is 1. The zero-order chi connectivity index (χ0) is 24.6. The molecule has 0 atom stereocenters. The second kappa shape index (κ2) is 8.71. The molecule has 1 heterocycles. The number of nitrogens with zero attached hydrogens (tertiary/aromatic N) is 4. The van der Waals surface area contributed by atoms with Crippen molar-refractivity contribution in [1.82, 2.24) is 10.0 Å². The van der Waals surface area contributed by atoms with Crippen LogP contribution in [0.5, 0.6) is 0 Å². The van der Waals surface area contributed by atoms with E-state index in [1.165, 1.54) is 54.6 Å². The van der Waals surface area contributed by atoms with Crippen LogP contribution >= 0.6 is 11.6 Å². The molecule has 3 aromatic carbocycles. The van der Waals surface area contributed by atoms with Crippen molar-refractivity contribution < 1.29 is 24.2 Å². The van der Waals surface area contributed by atoms with Crippen molar-refractivity contribution in [1.29, 1.82) is 0 Å². The Morgan fingerprint density at radius 3 is 2.00 bits per heavy atom. The topological polar surface area (TPSA) is 144 Å². The Kier molecular flexibility index (Phi) is 5.78. The van der Waals surface area contributed by atoms with Gasteiger partial charge in [0.05, 0.1) is 33.1 Å². The van der Waals surface area contributed by atoms with Crippen molar-refractivity contribution >= 4 is 40.7 Å². The fourth-order valence-corrected chi connectivity index (χ4v) is 3.75. The molecule has 1 aliphatic heterocycles. The van der Waals surface area contributed by atoms with Gasteiger partial charge in [-0.1, -0.05) is 35.9 Å². The van der Waals surface area contributed by atoms with E-state index in [2.05, 4.69) is 0 Å². The summed E-state index contributed by atoms with van der Waals surface area (Å²) in [6.45, 7) is -0.607. The Balaban J connectivity index is 1.86. The number of hydrazine groups is 1. The number of imide groups is 1. The van der Waals surface area contributed by atoms with Gasteiger partial charge in [0.25, 0.3) is 29.1 Å². The van der Waals surface area contributed by atoms with Gasteiger partial charge >= 0.3 is 0 Å². The van der Waals surface area contributed by atoms with E-state index in [1.807, 2.05) is 0 Å². The Morgan fingerprint density at radius 2 is 1.41 bits per heavy atom. The lowest BCUT2D eigenvalue weighted by atomic mass is 10.1. The molecule has 0 saturated carbocycles. The Labute approximate surface area is 196 Å². The van der Waals surface area contributed by atoms with Gasteiger partial charge in [0.1, 0.15) is 5.56 Å². The smallest absolute Gasteiger partial charge is 0.267 e. The van der Waals surface area contributed by atoms with Crippen molar-refractivity contribution in [3.8, 4) is 0 Å². The van der Waals surface area contributed by atoms with Gasteiger partial charge in [-0.3, -0.25) is 34.6 Å². The van der Waals surface area contributed by atoms with E-state index in [9.17, 15) is 34.6 Å². The zero-order valence-corrected chi connectivity index (χ0v) is 17.8. The average molecular weight is 481 g/mol. The third-order valence-electron chi connectivity index (χ3n) is 5.14. The summed E-state index contributed by atoms with van der Waals surface area (Å²) < 4.78 is 0. The van der Waals surface area contributed by atoms with Crippen LogP contribution in [0.2, 0.25) is 5.02 Å². The van der Waals surface area contributed by atoms with Crippen LogP contribution in [0, 0.1) is 20.2 Å². The van der Waals surface area contributed by atoms with Crippen molar-refractivity contribution in [3.05, 3.63) is 114 Å². The lowest BCUT2D eigenvalue weighted by Gasteiger charge is -2.30. The van der Waals surface area contributed by atoms with E-state index in [0.29, 0.717) is 10.0 Å². The van der Waals surface area contributed by atoms with E-state index >= 15 is 0 Å². The monoisotopic (exact) mass is 480 g/mol. The number of hydrogen-bond donors (Lipinski definition) is 0. The number of carbonyl (C=O) groups is 3. The summed E-state index contributed by atoms with van der Waals surface area (Å²) >= 11 is 5.87. The number of nitro benzene ring substituents is 2. The summed E-state index contributed by atoms with van der Waals surface area (Å²) in [5.41, 5.74) is -1.40. The number of carbonyl (C=O) groups excluding carboxylic acids is 3. The molecule has 4 rings (SSSR count). The van der Waals surface area contributed by atoms with Crippen LogP contribution < -0.4 is 0 Å². The number of halogens is 1. The third kappa shape index (κ3) is 3.84. The summed E-state index contributed by atoms with van der Waals surface area (Å²) in [6, 6.07) is 14.5. The Hall–Kier alpha value is -4.64. The first-order chi connectivity index (χ1) is 16.2. The molecule has 0 spiro atoms. The molecule has 0 fully saturated rings. The van der Waals surface area contributed by atoms with Gasteiger partial charge in [0.15, 0.2) is 0 Å². The molecule has 3 aromatic rings. The third-order valence-corrected chi connectivity index (χ3v) is 5.38. The zero-order valence-electron chi connectivity index (χ0n) is 17.1. The van der Waals surface area contributed by atoms with Crippen LogP contribution in [0.25, 0.3) is 0 Å². The lowest BCUT2D eigenvalue weighted by molar-refractivity contribution is -0.385. The van der Waals surface area contributed by atoms with Gasteiger partial charge in [0.2, 0.25) is 0 Å². The van der Waals surface area contributed by atoms with Gasteiger partial charge in [-0.15, -0.1) is 0 Å². The minimum atomic E-state index is -1.06. The lowest BCUT2D eigenvalue weighted by Crippen LogP contribution is -2.49. The highest BCUT2D eigenvalue weighted by Gasteiger charge is 2.43. The van der Waals surface area contributed by atoms with E-state index in [1.54, 1.807) is 0 Å². The molecule has 3 amide bonds. The first-order valence-corrected chi connectivity index (χ1v) is 10.0. The van der Waals surface area contributed by atoms with Gasteiger partial charge < -0.3 is 0 Å². The highest BCUT2D eigenvalue weighted by atomic mass is 35.5. The normalized spacial score (nSPS) is 12.4. The van der Waals surface area contributed by atoms with Crippen LogP contribution in [-0.4, -0.2) is 37.6 Å². The molecule has 11 nitrogen and oxygen atoms in total. The van der Waals surface area contributed by atoms with Crippen molar-refractivity contribution in [2.75, 3.05) is 0 Å². The maximum atomic E-state index is 13.5. The van der Waals surface area contributed by atoms with Crippen LogP contribution in [0.1, 0.15) is 36.6 Å². The minimum Gasteiger partial charge on any atom is -0.267 e. The molecule has 0 aromatic heterocycles. The number of hydrogen-bond acceptors (Lipinski definition) is 7. The summed E-state index contributed by atoms with van der Waals surface area (Å²) in [4.78, 5) is 61.3. The molecular formula is C22H13ClN4O7. The number of benzene rings is 3. The van der Waals surface area contributed by atoms with E-state index in [-0.39, 0.29) is 21.7 Å². The second-order valence-corrected chi connectivity index (χ2v) is 7.57. The molecule has 0 radical (unpaired) electrons. The average Bonchev–Trinajstić information content (AvgIpc) is 3.08. The van der Waals surface area contributed by atoms with Crippen LogP contribution in [0.15, 0.2) is 66.7 Å². The largest absolute Gasteiger partial charge is 0.282 e. The Bertz CT molecular complexity index is 1360. The van der Waals surface area contributed by atoms with Gasteiger partial charge in [0, 0.05) is 17.2 Å². The summed E-state index contributed by atoms with van der Waals surface area (Å²) in [6.07, 6.45) is 0. The molecule has 0 saturated heterocycles. The molecule has 1 aliphatic rings. The first-order valence-electron chi connectivity index (χ1n) is 9.66. The van der Waals surface area contributed by atoms with Gasteiger partial charge in [-0.2, -0.15) is 5.01 Å². The molecule has 0 aliphatic carbocycles. The minimum absolute atomic E-state index is 0.0264. The van der Waals surface area contributed by atoms with Crippen LogP contribution in [0.4, 0.5) is 11.4 Å². The molecule has 12 heteroatoms. The molecule has 0 bridgehead atoms. The molecule has 0 unspecified atom stereocenters. The number of nitro groups is 2. The van der Waals surface area contributed by atoms with Gasteiger partial charge in [-0.25, -0.2) is 5.01 Å². The van der Waals surface area contributed by atoms with E-state index in [4.69, 9.17) is 11.6 Å². The maximum Gasteiger partial charge on any atom is 0.282 e. The molecular weight excluding hydrogens is 468 g/mol. The first kappa shape index (κ1) is 22.6. The Morgan fingerprint density at radius 1 is 0.853 bits per heavy atom. The van der Waals surface area contributed by atoms with E-state index < -0.39 is 51.1 Å². The number of rotatable bonds is 6. The van der Waals surface area contributed by atoms with Crippen molar-refractivity contribution in [2.24, 2.45) is 0 Å². The molecule has 170 valence electrons. The number of amides is 3. The van der Waals surface area contributed by atoms with Gasteiger partial charge in [-0.05, 0) is 30.3 Å². The summed E-state index contributed by atoms with van der Waals surface area (Å²) in [5, 5.41) is 24.4. The van der Waals surface area contributed by atoms with Crippen molar-refractivity contribution in [2.45, 2.75) is 6.54 Å². The summed E-state index contributed by atoms with van der Waals surface area (Å²) in [5.74, 6) is -2.75. The highest BCUT2D eigenvalue weighted by Crippen LogP contribution is 2.31. The molecule has 0 N–H and O–H groups in total. The quantitative estimate of drug-likeness (QED) is 0.294. The predicted octanol–water partition coefficient (Wildman–Crippen LogP) is 4.01. The highest BCUT2D eigenvalue weighted by molar-refractivity contribution is 6.30. The maximum absolute atomic E-state index is 13.5. The predicted molar refractivity (Wildman–Crippen MR) is 118 cm³/mol. The van der Waals surface area contributed by atoms with Crippen LogP contribution in [0.3, 0.4) is 0 Å². The fourth-order valence-electron chi connectivity index (χ4n) is 3.58. The van der Waals surface area contributed by atoms with Crippen molar-refractivity contribution in [3.63, 3.8) is 0 Å². The SMILES string of the molecule is O=C(c1ccccc1[N+](=O)[O-])N(Cc1ccc(Cl)cc1[N+](=O)[O-])N1C(=O)c2ccccc2C1=O. The van der Waals surface area contributed by atoms with Crippen LogP contribution in [-0.2, 0) is 6.54 Å². The molecule has 34 heavy (non-hydrogen) atoms. The summed E-state index contributed by atoms with van der Waals surface area (Å²) in [7, 11) is 0.